The molecule has 2 amide bonds. The number of nitrogens with one attached hydrogen (secondary N) is 1. The van der Waals surface area contributed by atoms with Crippen LogP contribution in [0.5, 0.6) is 0 Å². The molecule has 0 unspecified atom stereocenters. The maximum absolute atomic E-state index is 12.4. The summed E-state index contributed by atoms with van der Waals surface area (Å²) in [5, 5.41) is 4.99. The van der Waals surface area contributed by atoms with Crippen LogP contribution in [0.3, 0.4) is 0 Å². The number of amides is 2. The second kappa shape index (κ2) is 7.79. The van der Waals surface area contributed by atoms with Gasteiger partial charge in [-0.2, -0.15) is 9.41 Å². The molecule has 0 spiro atoms. The van der Waals surface area contributed by atoms with Gasteiger partial charge in [0.05, 0.1) is 0 Å². The third kappa shape index (κ3) is 4.36. The maximum atomic E-state index is 12.4. The van der Waals surface area contributed by atoms with Gasteiger partial charge in [0.25, 0.3) is 5.91 Å². The second-order valence-electron chi connectivity index (χ2n) is 6.04. The van der Waals surface area contributed by atoms with Crippen molar-refractivity contribution in [1.82, 2.24) is 14.6 Å². The molecule has 0 aliphatic carbocycles. The minimum atomic E-state index is -3.54. The van der Waals surface area contributed by atoms with E-state index in [0.717, 1.165) is 5.56 Å². The van der Waals surface area contributed by atoms with Crippen molar-refractivity contribution in [3.63, 3.8) is 0 Å². The van der Waals surface area contributed by atoms with Crippen molar-refractivity contribution in [2.75, 3.05) is 26.2 Å². The van der Waals surface area contributed by atoms with E-state index in [1.807, 2.05) is 30.3 Å². The molecule has 3 rings (SSSR count). The lowest BCUT2D eigenvalue weighted by atomic mass is 10.1. The molecule has 2 heterocycles. The van der Waals surface area contributed by atoms with Crippen LogP contribution in [0.15, 0.2) is 40.8 Å². The van der Waals surface area contributed by atoms with E-state index in [4.69, 9.17) is 0 Å². The minimum Gasteiger partial charge on any atom is -0.335 e. The van der Waals surface area contributed by atoms with Crippen molar-refractivity contribution in [1.29, 1.82) is 0 Å². The molecule has 2 aliphatic rings. The van der Waals surface area contributed by atoms with E-state index < -0.39 is 10.0 Å². The topological polar surface area (TPSA) is 99.2 Å². The molecule has 0 saturated carbocycles. The molecule has 0 radical (unpaired) electrons. The van der Waals surface area contributed by atoms with Crippen LogP contribution in [-0.2, 0) is 19.6 Å². The van der Waals surface area contributed by atoms with Crippen LogP contribution in [0, 0.1) is 0 Å². The molecule has 138 valence electrons. The third-order valence-electron chi connectivity index (χ3n) is 4.27. The average molecular weight is 376 g/mol. The molecule has 26 heavy (non-hydrogen) atoms. The van der Waals surface area contributed by atoms with Gasteiger partial charge in [-0.3, -0.25) is 9.59 Å². The monoisotopic (exact) mass is 376 g/mol. The largest absolute Gasteiger partial charge is 0.335 e. The van der Waals surface area contributed by atoms with Crippen LogP contribution in [0.1, 0.15) is 18.4 Å². The Labute approximate surface area is 152 Å². The summed E-state index contributed by atoms with van der Waals surface area (Å²) < 4.78 is 26.2. The molecular weight excluding hydrogens is 356 g/mol. The summed E-state index contributed by atoms with van der Waals surface area (Å²) in [5.41, 5.74) is 3.42. The van der Waals surface area contributed by atoms with Crippen LogP contribution < -0.4 is 5.43 Å². The zero-order valence-electron chi connectivity index (χ0n) is 14.2. The summed E-state index contributed by atoms with van der Waals surface area (Å²) in [6.45, 7) is 1.05. The van der Waals surface area contributed by atoms with Crippen LogP contribution in [0.25, 0.3) is 6.08 Å². The number of carbonyl (C=O) groups excluding carboxylic acids is 2. The van der Waals surface area contributed by atoms with Crippen molar-refractivity contribution in [3.05, 3.63) is 41.3 Å². The van der Waals surface area contributed by atoms with E-state index in [1.54, 1.807) is 11.0 Å². The van der Waals surface area contributed by atoms with Crippen molar-refractivity contribution >= 4 is 33.6 Å². The molecule has 0 bridgehead atoms. The molecule has 0 aromatic heterocycles. The standard InChI is InChI=1S/C17H20N4O4S/c22-16-7-6-15(18-19-16)17(23)20-9-11-21(12-10-20)26(24,25)13-8-14-4-2-1-3-5-14/h1-5,8,13H,6-7,9-12H2,(H,19,22). The van der Waals surface area contributed by atoms with E-state index in [1.165, 1.54) is 9.71 Å². The molecule has 0 atom stereocenters. The number of carbonyl (C=O) groups is 2. The van der Waals surface area contributed by atoms with E-state index in [2.05, 4.69) is 10.5 Å². The molecule has 1 fully saturated rings. The molecular formula is C17H20N4O4S. The first kappa shape index (κ1) is 18.3. The summed E-state index contributed by atoms with van der Waals surface area (Å²) in [5.74, 6) is -0.454. The summed E-state index contributed by atoms with van der Waals surface area (Å²) in [7, 11) is -3.54. The van der Waals surface area contributed by atoms with Gasteiger partial charge in [-0.1, -0.05) is 30.3 Å². The molecule has 1 aromatic rings. The summed E-state index contributed by atoms with van der Waals surface area (Å²) in [6.07, 6.45) is 2.11. The Morgan fingerprint density at radius 3 is 2.38 bits per heavy atom. The molecule has 2 aliphatic heterocycles. The van der Waals surface area contributed by atoms with Crippen LogP contribution in [0.2, 0.25) is 0 Å². The van der Waals surface area contributed by atoms with Gasteiger partial charge in [0.15, 0.2) is 0 Å². The van der Waals surface area contributed by atoms with Gasteiger partial charge in [-0.15, -0.1) is 0 Å². The predicted molar refractivity (Wildman–Crippen MR) is 97.4 cm³/mol. The number of rotatable bonds is 4. The quantitative estimate of drug-likeness (QED) is 0.822. The Morgan fingerprint density at radius 2 is 1.77 bits per heavy atom. The minimum absolute atomic E-state index is 0.206. The fraction of sp³-hybridized carbons (Fsp3) is 0.353. The van der Waals surface area contributed by atoms with E-state index in [9.17, 15) is 18.0 Å². The smallest absolute Gasteiger partial charge is 0.270 e. The number of nitrogens with zero attached hydrogens (tertiary/aromatic N) is 3. The lowest BCUT2D eigenvalue weighted by Crippen LogP contribution is -2.52. The maximum Gasteiger partial charge on any atom is 0.270 e. The first-order valence-corrected chi connectivity index (χ1v) is 9.84. The number of hydrogen-bond donors (Lipinski definition) is 1. The Kier molecular flexibility index (Phi) is 5.48. The third-order valence-corrected chi connectivity index (χ3v) is 5.83. The SMILES string of the molecule is O=C1CCC(C(=O)N2CCN(S(=O)(=O)C=Cc3ccccc3)CC2)=NN1. The Morgan fingerprint density at radius 1 is 1.08 bits per heavy atom. The highest BCUT2D eigenvalue weighted by atomic mass is 32.2. The second-order valence-corrected chi connectivity index (χ2v) is 7.86. The van der Waals surface area contributed by atoms with Gasteiger partial charge < -0.3 is 4.90 Å². The fourth-order valence-corrected chi connectivity index (χ4v) is 3.94. The Balaban J connectivity index is 1.58. The molecule has 9 heteroatoms. The van der Waals surface area contributed by atoms with Crippen LogP contribution >= 0.6 is 0 Å². The number of piperazine rings is 1. The predicted octanol–water partition coefficient (Wildman–Crippen LogP) is 0.397. The zero-order valence-corrected chi connectivity index (χ0v) is 15.0. The highest BCUT2D eigenvalue weighted by Gasteiger charge is 2.30. The van der Waals surface area contributed by atoms with Crippen LogP contribution in [-0.4, -0.2) is 61.3 Å². The lowest BCUT2D eigenvalue weighted by molar-refractivity contribution is -0.125. The number of benzene rings is 1. The van der Waals surface area contributed by atoms with Gasteiger partial charge in [0.1, 0.15) is 5.71 Å². The lowest BCUT2D eigenvalue weighted by Gasteiger charge is -2.33. The van der Waals surface area contributed by atoms with E-state index >= 15 is 0 Å². The highest BCUT2D eigenvalue weighted by molar-refractivity contribution is 7.92. The molecule has 1 aromatic carbocycles. The number of sulfonamides is 1. The van der Waals surface area contributed by atoms with Crippen molar-refractivity contribution in [3.8, 4) is 0 Å². The van der Waals surface area contributed by atoms with Gasteiger partial charge in [-0.25, -0.2) is 13.8 Å². The molecule has 1 saturated heterocycles. The number of hydrazone groups is 1. The first-order chi connectivity index (χ1) is 12.5. The Bertz CT molecular complexity index is 841. The summed E-state index contributed by atoms with van der Waals surface area (Å²) >= 11 is 0. The van der Waals surface area contributed by atoms with Crippen molar-refractivity contribution in [2.45, 2.75) is 12.8 Å². The van der Waals surface area contributed by atoms with Gasteiger partial charge >= 0.3 is 0 Å². The van der Waals surface area contributed by atoms with E-state index in [-0.39, 0.29) is 31.3 Å². The van der Waals surface area contributed by atoms with Crippen molar-refractivity contribution in [2.24, 2.45) is 5.10 Å². The van der Waals surface area contributed by atoms with Gasteiger partial charge in [0.2, 0.25) is 15.9 Å². The van der Waals surface area contributed by atoms with Gasteiger partial charge in [0, 0.05) is 44.4 Å². The van der Waals surface area contributed by atoms with Gasteiger partial charge in [-0.05, 0) is 11.6 Å². The normalized spacial score (nSPS) is 19.3. The average Bonchev–Trinajstić information content (AvgIpc) is 2.67. The van der Waals surface area contributed by atoms with Crippen molar-refractivity contribution < 1.29 is 18.0 Å². The van der Waals surface area contributed by atoms with E-state index in [0.29, 0.717) is 25.2 Å². The summed E-state index contributed by atoms with van der Waals surface area (Å²) in [6, 6.07) is 9.20. The number of hydrogen-bond acceptors (Lipinski definition) is 5. The first-order valence-electron chi connectivity index (χ1n) is 8.34. The Hall–Kier alpha value is -2.52. The summed E-state index contributed by atoms with van der Waals surface area (Å²) in [4.78, 5) is 25.1. The fourth-order valence-electron chi connectivity index (χ4n) is 2.77. The molecule has 8 nitrogen and oxygen atoms in total. The zero-order chi connectivity index (χ0) is 18.6. The van der Waals surface area contributed by atoms with Crippen LogP contribution in [0.4, 0.5) is 0 Å². The highest BCUT2D eigenvalue weighted by Crippen LogP contribution is 2.13. The molecule has 1 N–H and O–H groups in total.